The first-order valence-corrected chi connectivity index (χ1v) is 8.67. The summed E-state index contributed by atoms with van der Waals surface area (Å²) < 4.78 is 0. The Hall–Kier alpha value is -5.70. The van der Waals surface area contributed by atoms with E-state index in [9.17, 15) is 0 Å². The van der Waals surface area contributed by atoms with Gasteiger partial charge in [0.05, 0.1) is 22.6 Å². The van der Waals surface area contributed by atoms with E-state index < -0.39 is 10.2 Å². The first kappa shape index (κ1) is 31.3. The van der Waals surface area contributed by atoms with Crippen LogP contribution in [0, 0.1) is 30.6 Å². The summed E-state index contributed by atoms with van der Waals surface area (Å²) in [6.07, 6.45) is 9.22. The minimum atomic E-state index is -1.75. The third-order valence-electron chi connectivity index (χ3n) is 2.92. The van der Waals surface area contributed by atoms with E-state index in [0.29, 0.717) is 23.0 Å². The molecule has 4 aromatic heterocycles. The van der Waals surface area contributed by atoms with E-state index in [4.69, 9.17) is 53.6 Å². The molecule has 4 rings (SSSR count). The summed E-state index contributed by atoms with van der Waals surface area (Å²) in [7, 11) is 0. The van der Waals surface area contributed by atoms with Crippen molar-refractivity contribution < 1.29 is 27.2 Å². The summed E-state index contributed by atoms with van der Waals surface area (Å²) >= 11 is 0. The van der Waals surface area contributed by atoms with Crippen molar-refractivity contribution in [3.05, 3.63) is 67.8 Å². The number of nitrogen functional groups attached to an aromatic ring is 4. The molecule has 22 nitrogen and oxygen atoms in total. The molecular formula is C14H14CuN16O6. The number of anilines is 4. The molecule has 0 spiro atoms. The minimum Gasteiger partial charge on any atom is -0.368 e. The van der Waals surface area contributed by atoms with Crippen LogP contribution in [0.4, 0.5) is 23.8 Å². The van der Waals surface area contributed by atoms with Gasteiger partial charge in [0.15, 0.2) is 11.6 Å². The molecule has 4 heterocycles. The van der Waals surface area contributed by atoms with Crippen LogP contribution in [0.25, 0.3) is 23.0 Å². The maximum Gasteiger partial charge on any atom is 2.00 e. The number of aromatic nitrogens is 10. The van der Waals surface area contributed by atoms with Gasteiger partial charge in [0, 0.05) is 24.8 Å². The number of nitrogens with two attached hydrogens (primary N) is 4. The fourth-order valence-electron chi connectivity index (χ4n) is 1.88. The first-order valence-electron chi connectivity index (χ1n) is 8.67. The van der Waals surface area contributed by atoms with E-state index in [1.807, 2.05) is 0 Å². The molecule has 0 saturated carbocycles. The predicted octanol–water partition coefficient (Wildman–Crippen LogP) is -1.49. The third-order valence-corrected chi connectivity index (χ3v) is 2.92. The summed E-state index contributed by atoms with van der Waals surface area (Å²) in [5.41, 5.74) is 22.6. The molecule has 0 amide bonds. The molecule has 0 unspecified atom stereocenters. The summed E-state index contributed by atoms with van der Waals surface area (Å²) in [5, 5.41) is 29.5. The molecular weight excluding hydrogens is 552 g/mol. The van der Waals surface area contributed by atoms with Crippen LogP contribution < -0.4 is 22.9 Å². The van der Waals surface area contributed by atoms with Crippen molar-refractivity contribution in [2.45, 2.75) is 0 Å². The zero-order valence-electron chi connectivity index (χ0n) is 17.9. The zero-order valence-corrected chi connectivity index (χ0v) is 18.8. The second kappa shape index (κ2) is 16.0. The quantitative estimate of drug-likeness (QED) is 0.122. The zero-order chi connectivity index (χ0) is 27.1. The SMILES string of the molecule is Nc1nc(N)nc(-c2cnccn2)n1.Nc1nc(N)nc(-c2cnccn2)n1.O=[N+]([O-])[O-].O=[N+]([O-])[O-].[Cu+2]. The van der Waals surface area contributed by atoms with Gasteiger partial charge in [-0.2, -0.15) is 29.9 Å². The van der Waals surface area contributed by atoms with Gasteiger partial charge in [-0.15, -0.1) is 0 Å². The Labute approximate surface area is 215 Å². The summed E-state index contributed by atoms with van der Waals surface area (Å²) in [6.45, 7) is 0. The molecule has 0 aliphatic rings. The number of hydrogen-bond donors (Lipinski definition) is 4. The Bertz CT molecular complexity index is 1120. The number of hydrogen-bond acceptors (Lipinski definition) is 20. The normalized spacial score (nSPS) is 8.86. The predicted molar refractivity (Wildman–Crippen MR) is 120 cm³/mol. The Balaban J connectivity index is 0.000000535. The van der Waals surface area contributed by atoms with Gasteiger partial charge in [0.1, 0.15) is 11.4 Å². The van der Waals surface area contributed by atoms with Crippen LogP contribution in [0.5, 0.6) is 0 Å². The van der Waals surface area contributed by atoms with Gasteiger partial charge >= 0.3 is 17.1 Å². The molecule has 0 atom stereocenters. The average Bonchev–Trinajstić information content (AvgIpc) is 2.79. The maximum absolute atomic E-state index is 8.25. The van der Waals surface area contributed by atoms with Gasteiger partial charge in [-0.3, -0.25) is 9.97 Å². The van der Waals surface area contributed by atoms with Crippen LogP contribution in [0.3, 0.4) is 0 Å². The molecule has 0 aliphatic heterocycles. The van der Waals surface area contributed by atoms with Crippen molar-refractivity contribution in [1.82, 2.24) is 49.8 Å². The van der Waals surface area contributed by atoms with Crippen LogP contribution in [-0.2, 0) is 17.1 Å². The van der Waals surface area contributed by atoms with Crippen molar-refractivity contribution >= 4 is 23.8 Å². The van der Waals surface area contributed by atoms with Crippen LogP contribution in [0.2, 0.25) is 0 Å². The second-order valence-electron chi connectivity index (χ2n) is 5.38. The maximum atomic E-state index is 8.25. The fourth-order valence-corrected chi connectivity index (χ4v) is 1.88. The molecule has 0 saturated heterocycles. The summed E-state index contributed by atoms with van der Waals surface area (Å²) in [6, 6.07) is 0. The van der Waals surface area contributed by atoms with Crippen molar-refractivity contribution in [3.63, 3.8) is 0 Å². The first-order chi connectivity index (χ1) is 17.0. The van der Waals surface area contributed by atoms with Gasteiger partial charge < -0.3 is 53.6 Å². The number of nitrogens with zero attached hydrogens (tertiary/aromatic N) is 12. The third kappa shape index (κ3) is 13.6. The Morgan fingerprint density at radius 1 is 0.541 bits per heavy atom. The topological polar surface area (TPSA) is 365 Å². The molecule has 8 N–H and O–H groups in total. The van der Waals surface area contributed by atoms with Crippen LogP contribution in [0.15, 0.2) is 37.2 Å². The van der Waals surface area contributed by atoms with Gasteiger partial charge in [-0.1, -0.05) is 0 Å². The van der Waals surface area contributed by atoms with E-state index in [0.717, 1.165) is 0 Å². The minimum absolute atomic E-state index is 0. The van der Waals surface area contributed by atoms with Gasteiger partial charge in [-0.05, 0) is 0 Å². The van der Waals surface area contributed by atoms with Crippen molar-refractivity contribution in [1.29, 1.82) is 0 Å². The molecule has 0 aliphatic carbocycles. The van der Waals surface area contributed by atoms with E-state index in [-0.39, 0.29) is 40.9 Å². The number of rotatable bonds is 2. The largest absolute Gasteiger partial charge is 2.00 e. The summed E-state index contributed by atoms with van der Waals surface area (Å²) in [4.78, 5) is 55.1. The molecule has 23 heteroatoms. The van der Waals surface area contributed by atoms with Crippen molar-refractivity contribution in [2.24, 2.45) is 0 Å². The second-order valence-corrected chi connectivity index (χ2v) is 5.38. The molecule has 0 aromatic carbocycles. The van der Waals surface area contributed by atoms with Crippen LogP contribution in [-0.4, -0.2) is 60.0 Å². The molecule has 197 valence electrons. The Morgan fingerprint density at radius 2 is 0.811 bits per heavy atom. The van der Waals surface area contributed by atoms with Crippen LogP contribution >= 0.6 is 0 Å². The van der Waals surface area contributed by atoms with E-state index in [2.05, 4.69) is 49.8 Å². The monoisotopic (exact) mass is 565 g/mol. The van der Waals surface area contributed by atoms with Gasteiger partial charge in [-0.25, -0.2) is 9.97 Å². The Morgan fingerprint density at radius 3 is 1.03 bits per heavy atom. The molecule has 0 fully saturated rings. The van der Waals surface area contributed by atoms with E-state index in [1.165, 1.54) is 24.8 Å². The van der Waals surface area contributed by atoms with Crippen molar-refractivity contribution in [3.8, 4) is 23.0 Å². The van der Waals surface area contributed by atoms with E-state index >= 15 is 0 Å². The summed E-state index contributed by atoms with van der Waals surface area (Å²) in [5.74, 6) is 0.916. The van der Waals surface area contributed by atoms with Crippen molar-refractivity contribution in [2.75, 3.05) is 22.9 Å². The molecule has 37 heavy (non-hydrogen) atoms. The van der Waals surface area contributed by atoms with E-state index in [1.54, 1.807) is 12.4 Å². The van der Waals surface area contributed by atoms with Gasteiger partial charge in [0.25, 0.3) is 0 Å². The molecule has 1 radical (unpaired) electrons. The smallest absolute Gasteiger partial charge is 0.368 e. The standard InChI is InChI=1S/2C7H7N7.Cu.2NO3/c2*8-6-12-5(13-7(9)14-6)4-3-10-1-2-11-4;;2*2-1(3)4/h2*1-3H,(H4,8,9,12,13,14);;;/q;;+2;2*-1. The fraction of sp³-hybridized carbons (Fsp3) is 0. The van der Waals surface area contributed by atoms with Gasteiger partial charge in [0.2, 0.25) is 23.8 Å². The van der Waals surface area contributed by atoms with Crippen LogP contribution in [0.1, 0.15) is 0 Å². The molecule has 4 aromatic rings. The average molecular weight is 566 g/mol. The molecule has 0 bridgehead atoms. The Kier molecular flexibility index (Phi) is 13.5.